The van der Waals surface area contributed by atoms with Crippen LogP contribution in [0.4, 0.5) is 0 Å². The van der Waals surface area contributed by atoms with Crippen LogP contribution in [-0.4, -0.2) is 5.38 Å². The molecule has 0 aliphatic heterocycles. The molecular formula is C4H3Cl2. The summed E-state index contributed by atoms with van der Waals surface area (Å²) in [5.41, 5.74) is 0. The van der Waals surface area contributed by atoms with Crippen molar-refractivity contribution in [3.63, 3.8) is 0 Å². The second-order valence-corrected chi connectivity index (χ2v) is 2.13. The summed E-state index contributed by atoms with van der Waals surface area (Å²) in [4.78, 5) is 0. The first-order chi connectivity index (χ1) is 2.80. The van der Waals surface area contributed by atoms with E-state index in [4.69, 9.17) is 23.2 Å². The lowest BCUT2D eigenvalue weighted by Crippen LogP contribution is -2.06. The zero-order valence-electron chi connectivity index (χ0n) is 3.04. The molecule has 1 radical (unpaired) electrons. The van der Waals surface area contributed by atoms with Crippen LogP contribution < -0.4 is 0 Å². The van der Waals surface area contributed by atoms with E-state index in [2.05, 4.69) is 6.08 Å². The molecule has 33 valence electrons. The molecule has 1 aliphatic carbocycles. The Morgan fingerprint density at radius 1 is 1.83 bits per heavy atom. The maximum atomic E-state index is 5.47. The molecule has 0 aromatic rings. The highest BCUT2D eigenvalue weighted by atomic mass is 35.5. The van der Waals surface area contributed by atoms with Crippen LogP contribution in [0.3, 0.4) is 0 Å². The fourth-order valence-corrected chi connectivity index (χ4v) is 0.565. The average Bonchev–Trinajstić information content (AvgIpc) is 1.61. The second kappa shape index (κ2) is 1.43. The summed E-state index contributed by atoms with van der Waals surface area (Å²) in [5, 5.41) is 0.753. The van der Waals surface area contributed by atoms with Gasteiger partial charge in [-0.1, -0.05) is 11.6 Å². The van der Waals surface area contributed by atoms with Gasteiger partial charge in [0.15, 0.2) is 0 Å². The van der Waals surface area contributed by atoms with Crippen LogP contribution in [0.5, 0.6) is 0 Å². The third-order valence-electron chi connectivity index (χ3n) is 0.725. The van der Waals surface area contributed by atoms with Crippen LogP contribution in [0, 0.1) is 6.08 Å². The summed E-state index contributed by atoms with van der Waals surface area (Å²) in [6.07, 6.45) is 3.63. The second-order valence-electron chi connectivity index (χ2n) is 1.20. The van der Waals surface area contributed by atoms with Crippen LogP contribution in [0.2, 0.25) is 0 Å². The predicted molar refractivity (Wildman–Crippen MR) is 26.9 cm³/mol. The Balaban J connectivity index is 2.51. The molecule has 1 atom stereocenters. The molecule has 0 aromatic carbocycles. The maximum absolute atomic E-state index is 5.47. The number of allylic oxidation sites excluding steroid dienone is 2. The fraction of sp³-hybridized carbons (Fsp3) is 0.500. The molecule has 2 heteroatoms. The molecular weight excluding hydrogens is 119 g/mol. The molecule has 0 heterocycles. The molecule has 1 aliphatic rings. The van der Waals surface area contributed by atoms with Gasteiger partial charge in [-0.2, -0.15) is 0 Å². The van der Waals surface area contributed by atoms with Gasteiger partial charge in [0.2, 0.25) is 0 Å². The topological polar surface area (TPSA) is 0 Å². The van der Waals surface area contributed by atoms with Crippen molar-refractivity contribution in [2.45, 2.75) is 11.8 Å². The fourth-order valence-electron chi connectivity index (χ4n) is 0.256. The summed E-state index contributed by atoms with van der Waals surface area (Å²) < 4.78 is 0. The highest BCUT2D eigenvalue weighted by molar-refractivity contribution is 6.38. The standard InChI is InChI=1S/C4H3Cl2/c5-3-1-2-4(3)6/h3H,1H2. The predicted octanol–water partition coefficient (Wildman–Crippen LogP) is 1.92. The van der Waals surface area contributed by atoms with Crippen LogP contribution >= 0.6 is 23.2 Å². The number of halogens is 2. The molecule has 0 fully saturated rings. The third-order valence-corrected chi connectivity index (χ3v) is 1.61. The third kappa shape index (κ3) is 0.548. The molecule has 0 nitrogen and oxygen atoms in total. The lowest BCUT2D eigenvalue weighted by atomic mass is 10.1. The molecule has 0 amide bonds. The minimum atomic E-state index is 0.0756. The zero-order chi connectivity index (χ0) is 4.57. The Kier molecular flexibility index (Phi) is 1.07. The van der Waals surface area contributed by atoms with Crippen molar-refractivity contribution in [1.29, 1.82) is 0 Å². The number of alkyl halides is 1. The number of hydrogen-bond acceptors (Lipinski definition) is 0. The van der Waals surface area contributed by atoms with Crippen molar-refractivity contribution in [3.8, 4) is 0 Å². The summed E-state index contributed by atoms with van der Waals surface area (Å²) in [7, 11) is 0. The van der Waals surface area contributed by atoms with Crippen molar-refractivity contribution >= 4 is 23.2 Å². The molecule has 0 aromatic heterocycles. The molecule has 1 rings (SSSR count). The van der Waals surface area contributed by atoms with Crippen molar-refractivity contribution in [2.24, 2.45) is 0 Å². The molecule has 0 spiro atoms. The summed E-state index contributed by atoms with van der Waals surface area (Å²) >= 11 is 10.8. The maximum Gasteiger partial charge on any atom is 0.0735 e. The van der Waals surface area contributed by atoms with E-state index in [-0.39, 0.29) is 5.38 Å². The molecule has 0 bridgehead atoms. The van der Waals surface area contributed by atoms with Gasteiger partial charge in [-0.05, 0) is 12.5 Å². The van der Waals surface area contributed by atoms with E-state index in [1.165, 1.54) is 0 Å². The van der Waals surface area contributed by atoms with Gasteiger partial charge < -0.3 is 0 Å². The van der Waals surface area contributed by atoms with Gasteiger partial charge >= 0.3 is 0 Å². The van der Waals surface area contributed by atoms with E-state index in [1.54, 1.807) is 0 Å². The SMILES string of the molecule is ClC1=[C]CC1Cl. The highest BCUT2D eigenvalue weighted by Gasteiger charge is 2.15. The first-order valence-corrected chi connectivity index (χ1v) is 2.52. The molecule has 0 saturated carbocycles. The number of hydrogen-bond donors (Lipinski definition) is 0. The summed E-state index contributed by atoms with van der Waals surface area (Å²) in [5.74, 6) is 0. The van der Waals surface area contributed by atoms with E-state index in [0.717, 1.165) is 6.42 Å². The minimum absolute atomic E-state index is 0.0756. The lowest BCUT2D eigenvalue weighted by Gasteiger charge is -2.11. The van der Waals surface area contributed by atoms with Crippen molar-refractivity contribution in [1.82, 2.24) is 0 Å². The van der Waals surface area contributed by atoms with Gasteiger partial charge in [0.25, 0.3) is 0 Å². The quantitative estimate of drug-likeness (QED) is 0.430. The first-order valence-electron chi connectivity index (χ1n) is 1.71. The largest absolute Gasteiger partial charge is 0.116 e. The Morgan fingerprint density at radius 3 is 2.33 bits per heavy atom. The van der Waals surface area contributed by atoms with Crippen LogP contribution in [0.15, 0.2) is 5.03 Å². The van der Waals surface area contributed by atoms with Gasteiger partial charge in [0.05, 0.1) is 5.38 Å². The Bertz CT molecular complexity index is 85.5. The molecule has 0 saturated heterocycles. The van der Waals surface area contributed by atoms with Gasteiger partial charge in [0, 0.05) is 5.03 Å². The minimum Gasteiger partial charge on any atom is -0.116 e. The highest BCUT2D eigenvalue weighted by Crippen LogP contribution is 2.26. The van der Waals surface area contributed by atoms with Gasteiger partial charge in [-0.3, -0.25) is 0 Å². The van der Waals surface area contributed by atoms with Crippen LogP contribution in [0.1, 0.15) is 6.42 Å². The zero-order valence-corrected chi connectivity index (χ0v) is 4.55. The summed E-state index contributed by atoms with van der Waals surface area (Å²) in [6.45, 7) is 0. The number of rotatable bonds is 0. The van der Waals surface area contributed by atoms with Gasteiger partial charge in [-0.25, -0.2) is 0 Å². The lowest BCUT2D eigenvalue weighted by molar-refractivity contribution is 0.913. The van der Waals surface area contributed by atoms with E-state index in [1.807, 2.05) is 0 Å². The average molecular weight is 122 g/mol. The van der Waals surface area contributed by atoms with Crippen LogP contribution in [-0.2, 0) is 0 Å². The molecule has 1 unspecified atom stereocenters. The van der Waals surface area contributed by atoms with Crippen molar-refractivity contribution in [2.75, 3.05) is 0 Å². The smallest absolute Gasteiger partial charge is 0.0735 e. The molecule has 0 N–H and O–H groups in total. The monoisotopic (exact) mass is 121 g/mol. The normalized spacial score (nSPS) is 31.7. The van der Waals surface area contributed by atoms with Crippen molar-refractivity contribution in [3.05, 3.63) is 11.1 Å². The Hall–Kier alpha value is 0.320. The first kappa shape index (κ1) is 4.48. The van der Waals surface area contributed by atoms with E-state index < -0.39 is 0 Å². The van der Waals surface area contributed by atoms with E-state index in [9.17, 15) is 0 Å². The van der Waals surface area contributed by atoms with E-state index >= 15 is 0 Å². The Morgan fingerprint density at radius 2 is 2.33 bits per heavy atom. The summed E-state index contributed by atoms with van der Waals surface area (Å²) in [6, 6.07) is 0. The molecule has 6 heavy (non-hydrogen) atoms. The van der Waals surface area contributed by atoms with Gasteiger partial charge in [-0.15, -0.1) is 11.6 Å². The van der Waals surface area contributed by atoms with Crippen molar-refractivity contribution < 1.29 is 0 Å². The Labute approximate surface area is 46.7 Å². The van der Waals surface area contributed by atoms with Gasteiger partial charge in [0.1, 0.15) is 0 Å². The van der Waals surface area contributed by atoms with Crippen LogP contribution in [0.25, 0.3) is 0 Å². The van der Waals surface area contributed by atoms with E-state index in [0.29, 0.717) is 5.03 Å².